The first-order valence-electron chi connectivity index (χ1n) is 7.17. The van der Waals surface area contributed by atoms with E-state index in [1.54, 1.807) is 0 Å². The minimum absolute atomic E-state index is 0.821. The minimum Gasteiger partial charge on any atom is -0.464 e. The molecule has 20 heavy (non-hydrogen) atoms. The molecule has 2 rings (SSSR count). The van der Waals surface area contributed by atoms with Gasteiger partial charge in [-0.3, -0.25) is 0 Å². The summed E-state index contributed by atoms with van der Waals surface area (Å²) in [5.74, 6) is 2.95. The van der Waals surface area contributed by atoms with E-state index >= 15 is 0 Å². The largest absolute Gasteiger partial charge is 0.464 e. The summed E-state index contributed by atoms with van der Waals surface area (Å²) in [5.41, 5.74) is 2.65. The van der Waals surface area contributed by atoms with Gasteiger partial charge in [-0.1, -0.05) is 24.6 Å². The molecule has 0 bridgehead atoms. The molecule has 0 aliphatic rings. The Morgan fingerprint density at radius 1 is 1.10 bits per heavy atom. The lowest BCUT2D eigenvalue weighted by molar-refractivity contribution is 0.459. The number of aryl methyl sites for hydroxylation is 2. The Morgan fingerprint density at radius 3 is 2.65 bits per heavy atom. The van der Waals surface area contributed by atoms with E-state index in [4.69, 9.17) is 4.42 Å². The number of hydrogen-bond donors (Lipinski definition) is 1. The quantitative estimate of drug-likeness (QED) is 0.591. The Kier molecular flexibility index (Phi) is 5.74. The van der Waals surface area contributed by atoms with Crippen LogP contribution in [0.15, 0.2) is 39.6 Å². The van der Waals surface area contributed by atoms with Gasteiger partial charge >= 0.3 is 0 Å². The van der Waals surface area contributed by atoms with E-state index in [1.165, 1.54) is 16.0 Å². The van der Waals surface area contributed by atoms with Crippen LogP contribution in [0, 0.1) is 13.8 Å². The van der Waals surface area contributed by atoms with Crippen molar-refractivity contribution in [2.75, 3.05) is 6.54 Å². The molecule has 1 N–H and O–H groups in total. The van der Waals surface area contributed by atoms with Crippen LogP contribution < -0.4 is 5.32 Å². The molecule has 0 radical (unpaired) electrons. The van der Waals surface area contributed by atoms with Crippen molar-refractivity contribution in [2.45, 2.75) is 44.4 Å². The Bertz CT molecular complexity index is 548. The molecule has 3 heteroatoms. The zero-order valence-corrected chi connectivity index (χ0v) is 13.3. The van der Waals surface area contributed by atoms with Crippen molar-refractivity contribution >= 4 is 11.8 Å². The molecule has 0 spiro atoms. The van der Waals surface area contributed by atoms with E-state index in [2.05, 4.69) is 56.4 Å². The van der Waals surface area contributed by atoms with Gasteiger partial charge in [0.05, 0.1) is 12.3 Å². The highest BCUT2D eigenvalue weighted by molar-refractivity contribution is 7.98. The predicted octanol–water partition coefficient (Wildman–Crippen LogP) is 4.69. The third kappa shape index (κ3) is 4.43. The Morgan fingerprint density at radius 2 is 1.90 bits per heavy atom. The fraction of sp³-hybridized carbons (Fsp3) is 0.412. The molecule has 108 valence electrons. The van der Waals surface area contributed by atoms with Gasteiger partial charge in [0.25, 0.3) is 0 Å². The predicted molar refractivity (Wildman–Crippen MR) is 86.2 cm³/mol. The van der Waals surface area contributed by atoms with E-state index < -0.39 is 0 Å². The molecule has 0 fully saturated rings. The highest BCUT2D eigenvalue weighted by Crippen LogP contribution is 2.27. The normalized spacial score (nSPS) is 10.9. The van der Waals surface area contributed by atoms with Crippen molar-refractivity contribution in [1.82, 2.24) is 5.32 Å². The summed E-state index contributed by atoms with van der Waals surface area (Å²) in [7, 11) is 0. The van der Waals surface area contributed by atoms with Crippen LogP contribution in [0.3, 0.4) is 0 Å². The summed E-state index contributed by atoms with van der Waals surface area (Å²) < 4.78 is 5.83. The summed E-state index contributed by atoms with van der Waals surface area (Å²) in [5, 5.41) is 3.35. The van der Waals surface area contributed by atoms with E-state index in [1.807, 2.05) is 11.8 Å². The fourth-order valence-electron chi connectivity index (χ4n) is 2.09. The summed E-state index contributed by atoms with van der Waals surface area (Å²) in [6, 6.07) is 10.7. The molecule has 2 nitrogen and oxygen atoms in total. The molecule has 1 heterocycles. The molecule has 1 aromatic carbocycles. The van der Waals surface area contributed by atoms with E-state index in [0.717, 1.165) is 36.8 Å². The van der Waals surface area contributed by atoms with Crippen LogP contribution in [-0.4, -0.2) is 6.54 Å². The van der Waals surface area contributed by atoms with Gasteiger partial charge in [-0.25, -0.2) is 0 Å². The van der Waals surface area contributed by atoms with Gasteiger partial charge in [0, 0.05) is 4.90 Å². The summed E-state index contributed by atoms with van der Waals surface area (Å²) in [6.45, 7) is 8.32. The van der Waals surface area contributed by atoms with Crippen LogP contribution in [0.1, 0.15) is 36.0 Å². The van der Waals surface area contributed by atoms with Gasteiger partial charge in [-0.2, -0.15) is 0 Å². The number of thioether (sulfide) groups is 1. The third-order valence-corrected chi connectivity index (χ3v) is 4.34. The zero-order valence-electron chi connectivity index (χ0n) is 12.5. The second-order valence-electron chi connectivity index (χ2n) is 5.10. The summed E-state index contributed by atoms with van der Waals surface area (Å²) in [4.78, 5) is 1.33. The second-order valence-corrected chi connectivity index (χ2v) is 6.12. The van der Waals surface area contributed by atoms with Crippen molar-refractivity contribution in [3.63, 3.8) is 0 Å². The van der Waals surface area contributed by atoms with Crippen LogP contribution >= 0.6 is 11.8 Å². The van der Waals surface area contributed by atoms with E-state index in [9.17, 15) is 0 Å². The summed E-state index contributed by atoms with van der Waals surface area (Å²) >= 11 is 1.84. The zero-order chi connectivity index (χ0) is 14.4. The van der Waals surface area contributed by atoms with Crippen LogP contribution in [-0.2, 0) is 12.3 Å². The first-order chi connectivity index (χ1) is 9.69. The van der Waals surface area contributed by atoms with Crippen LogP contribution in [0.4, 0.5) is 0 Å². The molecule has 0 atom stereocenters. The van der Waals surface area contributed by atoms with Crippen LogP contribution in [0.2, 0.25) is 0 Å². The first kappa shape index (κ1) is 15.2. The lowest BCUT2D eigenvalue weighted by Crippen LogP contribution is -2.12. The van der Waals surface area contributed by atoms with Crippen molar-refractivity contribution in [3.8, 4) is 0 Å². The molecule has 0 aliphatic heterocycles. The Balaban J connectivity index is 1.87. The molecular weight excluding hydrogens is 266 g/mol. The lowest BCUT2D eigenvalue weighted by Gasteiger charge is -2.05. The van der Waals surface area contributed by atoms with Gasteiger partial charge in [-0.05, 0) is 50.6 Å². The number of nitrogens with one attached hydrogen (secondary N) is 1. The molecule has 0 amide bonds. The lowest BCUT2D eigenvalue weighted by atomic mass is 10.2. The van der Waals surface area contributed by atoms with Crippen molar-refractivity contribution in [1.29, 1.82) is 0 Å². The monoisotopic (exact) mass is 289 g/mol. The SMILES string of the molecule is CCCNCc1ccc(CSc2ccc(C)cc2C)o1. The molecule has 1 aromatic heterocycles. The Hall–Kier alpha value is -1.19. The maximum Gasteiger partial charge on any atom is 0.118 e. The van der Waals surface area contributed by atoms with Crippen molar-refractivity contribution in [2.24, 2.45) is 0 Å². The van der Waals surface area contributed by atoms with Gasteiger partial charge in [0.15, 0.2) is 0 Å². The number of hydrogen-bond acceptors (Lipinski definition) is 3. The standard InChI is InChI=1S/C17H23NOS/c1-4-9-18-11-15-6-7-16(19-15)12-20-17-8-5-13(2)10-14(17)3/h5-8,10,18H,4,9,11-12H2,1-3H3. The number of furan rings is 1. The average molecular weight is 289 g/mol. The Labute approximate surface area is 126 Å². The highest BCUT2D eigenvalue weighted by Gasteiger charge is 2.04. The molecule has 0 unspecified atom stereocenters. The van der Waals surface area contributed by atoms with Crippen LogP contribution in [0.25, 0.3) is 0 Å². The van der Waals surface area contributed by atoms with Gasteiger partial charge in [0.2, 0.25) is 0 Å². The molecule has 2 aromatic rings. The van der Waals surface area contributed by atoms with E-state index in [0.29, 0.717) is 0 Å². The molecule has 0 saturated heterocycles. The number of rotatable bonds is 7. The topological polar surface area (TPSA) is 25.2 Å². The fourth-order valence-corrected chi connectivity index (χ4v) is 3.00. The van der Waals surface area contributed by atoms with Crippen molar-refractivity contribution in [3.05, 3.63) is 53.0 Å². The van der Waals surface area contributed by atoms with Gasteiger partial charge < -0.3 is 9.73 Å². The smallest absolute Gasteiger partial charge is 0.118 e. The molecular formula is C17H23NOS. The van der Waals surface area contributed by atoms with Gasteiger partial charge in [-0.15, -0.1) is 11.8 Å². The number of benzene rings is 1. The second kappa shape index (κ2) is 7.55. The molecule has 0 saturated carbocycles. The first-order valence-corrected chi connectivity index (χ1v) is 8.16. The van der Waals surface area contributed by atoms with Crippen LogP contribution in [0.5, 0.6) is 0 Å². The third-order valence-electron chi connectivity index (χ3n) is 3.14. The van der Waals surface area contributed by atoms with Crippen molar-refractivity contribution < 1.29 is 4.42 Å². The minimum atomic E-state index is 0.821. The maximum absolute atomic E-state index is 5.83. The highest BCUT2D eigenvalue weighted by atomic mass is 32.2. The average Bonchev–Trinajstić information content (AvgIpc) is 2.86. The molecule has 0 aliphatic carbocycles. The van der Waals surface area contributed by atoms with E-state index in [-0.39, 0.29) is 0 Å². The van der Waals surface area contributed by atoms with Gasteiger partial charge in [0.1, 0.15) is 11.5 Å². The summed E-state index contributed by atoms with van der Waals surface area (Å²) in [6.07, 6.45) is 1.15. The maximum atomic E-state index is 5.83.